The van der Waals surface area contributed by atoms with Crippen molar-refractivity contribution in [2.45, 2.75) is 24.3 Å². The molecule has 4 nitrogen and oxygen atoms in total. The third-order valence-electron chi connectivity index (χ3n) is 3.06. The van der Waals surface area contributed by atoms with Crippen molar-refractivity contribution in [1.29, 1.82) is 0 Å². The summed E-state index contributed by atoms with van der Waals surface area (Å²) in [5, 5.41) is 11.1. The largest absolute Gasteiger partial charge is 0.478 e. The number of rotatable bonds is 3. The summed E-state index contributed by atoms with van der Waals surface area (Å²) in [5.41, 5.74) is -1.75. The lowest BCUT2D eigenvalue weighted by atomic mass is 10.1. The SMILES string of the molecule is O=C(O)c1cc(C(F)(F)F)ccc1NC(=O)C1CCCS1. The summed E-state index contributed by atoms with van der Waals surface area (Å²) in [5.74, 6) is -1.05. The van der Waals surface area contributed by atoms with Crippen LogP contribution in [0.25, 0.3) is 0 Å². The molecule has 0 aliphatic carbocycles. The van der Waals surface area contributed by atoms with Crippen LogP contribution in [-0.2, 0) is 11.0 Å². The molecule has 1 aliphatic rings. The lowest BCUT2D eigenvalue weighted by molar-refractivity contribution is -0.137. The molecule has 0 bridgehead atoms. The van der Waals surface area contributed by atoms with E-state index in [0.29, 0.717) is 12.5 Å². The Morgan fingerprint density at radius 3 is 2.57 bits per heavy atom. The van der Waals surface area contributed by atoms with Gasteiger partial charge in [0.25, 0.3) is 0 Å². The van der Waals surface area contributed by atoms with Gasteiger partial charge >= 0.3 is 12.1 Å². The van der Waals surface area contributed by atoms with Crippen molar-refractivity contribution in [3.8, 4) is 0 Å². The van der Waals surface area contributed by atoms with Crippen molar-refractivity contribution in [2.75, 3.05) is 11.1 Å². The van der Waals surface area contributed by atoms with E-state index >= 15 is 0 Å². The van der Waals surface area contributed by atoms with E-state index in [1.165, 1.54) is 11.8 Å². The summed E-state index contributed by atoms with van der Waals surface area (Å²) in [6.07, 6.45) is -3.06. The fourth-order valence-corrected chi connectivity index (χ4v) is 3.17. The molecule has 1 atom stereocenters. The number of carbonyl (C=O) groups excluding carboxylic acids is 1. The number of carboxylic acid groups (broad SMARTS) is 1. The quantitative estimate of drug-likeness (QED) is 0.897. The van der Waals surface area contributed by atoms with Crippen LogP contribution < -0.4 is 5.32 Å². The Morgan fingerprint density at radius 1 is 1.33 bits per heavy atom. The number of carbonyl (C=O) groups is 2. The lowest BCUT2D eigenvalue weighted by Gasteiger charge is -2.14. The third kappa shape index (κ3) is 3.69. The summed E-state index contributed by atoms with van der Waals surface area (Å²) in [7, 11) is 0. The number of hydrogen-bond donors (Lipinski definition) is 2. The monoisotopic (exact) mass is 319 g/mol. The average molecular weight is 319 g/mol. The van der Waals surface area contributed by atoms with Crippen LogP contribution >= 0.6 is 11.8 Å². The molecule has 1 amide bonds. The number of anilines is 1. The van der Waals surface area contributed by atoms with E-state index in [2.05, 4.69) is 5.32 Å². The molecule has 0 aromatic heterocycles. The Balaban J connectivity index is 2.26. The summed E-state index contributed by atoms with van der Waals surface area (Å²) >= 11 is 1.45. The van der Waals surface area contributed by atoms with Crippen molar-refractivity contribution in [1.82, 2.24) is 0 Å². The zero-order chi connectivity index (χ0) is 15.6. The molecular formula is C13H12F3NO3S. The van der Waals surface area contributed by atoms with Crippen LogP contribution in [0.1, 0.15) is 28.8 Å². The molecule has 21 heavy (non-hydrogen) atoms. The number of alkyl halides is 3. The van der Waals surface area contributed by atoms with Gasteiger partial charge in [-0.15, -0.1) is 11.8 Å². The Hall–Kier alpha value is -1.70. The second-order valence-corrected chi connectivity index (χ2v) is 5.86. The van der Waals surface area contributed by atoms with Gasteiger partial charge in [-0.1, -0.05) is 0 Å². The number of nitrogens with one attached hydrogen (secondary N) is 1. The highest BCUT2D eigenvalue weighted by Crippen LogP contribution is 2.33. The normalized spacial score (nSPS) is 18.5. The van der Waals surface area contributed by atoms with Crippen molar-refractivity contribution >= 4 is 29.3 Å². The zero-order valence-corrected chi connectivity index (χ0v) is 11.6. The van der Waals surface area contributed by atoms with E-state index in [1.54, 1.807) is 0 Å². The van der Waals surface area contributed by atoms with Crippen molar-refractivity contribution in [3.05, 3.63) is 29.3 Å². The van der Waals surface area contributed by atoms with Gasteiger partial charge in [0.05, 0.1) is 22.1 Å². The Kier molecular flexibility index (Phi) is 4.46. The second kappa shape index (κ2) is 5.97. The van der Waals surface area contributed by atoms with Gasteiger partial charge in [-0.05, 0) is 36.8 Å². The lowest BCUT2D eigenvalue weighted by Crippen LogP contribution is -2.24. The van der Waals surface area contributed by atoms with Crippen LogP contribution in [0.15, 0.2) is 18.2 Å². The topological polar surface area (TPSA) is 66.4 Å². The minimum absolute atomic E-state index is 0.118. The van der Waals surface area contributed by atoms with Crippen molar-refractivity contribution in [3.63, 3.8) is 0 Å². The molecular weight excluding hydrogens is 307 g/mol. The van der Waals surface area contributed by atoms with Crippen LogP contribution in [0.5, 0.6) is 0 Å². The molecule has 2 N–H and O–H groups in total. The van der Waals surface area contributed by atoms with Crippen molar-refractivity contribution < 1.29 is 27.9 Å². The van der Waals surface area contributed by atoms with Crippen LogP contribution in [0.4, 0.5) is 18.9 Å². The number of carboxylic acids is 1. The van der Waals surface area contributed by atoms with Gasteiger partial charge in [-0.2, -0.15) is 13.2 Å². The van der Waals surface area contributed by atoms with E-state index in [0.717, 1.165) is 24.3 Å². The summed E-state index contributed by atoms with van der Waals surface area (Å²) in [4.78, 5) is 23.0. The van der Waals surface area contributed by atoms with Crippen LogP contribution in [0.3, 0.4) is 0 Å². The highest BCUT2D eigenvalue weighted by Gasteiger charge is 2.32. The van der Waals surface area contributed by atoms with Crippen LogP contribution in [0, 0.1) is 0 Å². The molecule has 1 aliphatic heterocycles. The van der Waals surface area contributed by atoms with Gasteiger partial charge in [0, 0.05) is 0 Å². The smallest absolute Gasteiger partial charge is 0.416 e. The van der Waals surface area contributed by atoms with Gasteiger partial charge in [0.1, 0.15) is 0 Å². The molecule has 1 fully saturated rings. The molecule has 1 saturated heterocycles. The highest BCUT2D eigenvalue weighted by atomic mass is 32.2. The molecule has 1 unspecified atom stereocenters. The van der Waals surface area contributed by atoms with E-state index < -0.39 is 23.3 Å². The number of amides is 1. The fraction of sp³-hybridized carbons (Fsp3) is 0.385. The third-order valence-corrected chi connectivity index (χ3v) is 4.43. The molecule has 8 heteroatoms. The predicted molar refractivity (Wildman–Crippen MR) is 72.5 cm³/mol. The molecule has 2 rings (SSSR count). The first-order valence-corrected chi connectivity index (χ1v) is 7.21. The Bertz CT molecular complexity index is 568. The summed E-state index contributed by atoms with van der Waals surface area (Å²) < 4.78 is 37.8. The van der Waals surface area contributed by atoms with E-state index in [9.17, 15) is 22.8 Å². The van der Waals surface area contributed by atoms with Gasteiger partial charge in [0.2, 0.25) is 5.91 Å². The number of halogens is 3. The Labute approximate surface area is 122 Å². The van der Waals surface area contributed by atoms with Crippen LogP contribution in [-0.4, -0.2) is 28.0 Å². The molecule has 1 aromatic carbocycles. The first-order valence-electron chi connectivity index (χ1n) is 6.16. The first kappa shape index (κ1) is 15.7. The first-order chi connectivity index (χ1) is 9.79. The van der Waals surface area contributed by atoms with Crippen molar-refractivity contribution in [2.24, 2.45) is 0 Å². The number of benzene rings is 1. The van der Waals surface area contributed by atoms with E-state index in [1.807, 2.05) is 0 Å². The number of aromatic carboxylic acids is 1. The Morgan fingerprint density at radius 2 is 2.05 bits per heavy atom. The maximum absolute atomic E-state index is 12.6. The highest BCUT2D eigenvalue weighted by molar-refractivity contribution is 8.00. The van der Waals surface area contributed by atoms with Gasteiger partial charge < -0.3 is 10.4 Å². The minimum atomic E-state index is -4.63. The fourth-order valence-electron chi connectivity index (χ4n) is 2.00. The van der Waals surface area contributed by atoms with Gasteiger partial charge in [0.15, 0.2) is 0 Å². The van der Waals surface area contributed by atoms with E-state index in [4.69, 9.17) is 5.11 Å². The molecule has 1 heterocycles. The van der Waals surface area contributed by atoms with Gasteiger partial charge in [-0.25, -0.2) is 4.79 Å². The second-order valence-electron chi connectivity index (χ2n) is 4.55. The standard InChI is InChI=1S/C13H12F3NO3S/c14-13(15,16)7-3-4-9(8(6-7)12(19)20)17-11(18)10-2-1-5-21-10/h3-4,6,10H,1-2,5H2,(H,17,18)(H,19,20). The molecule has 0 saturated carbocycles. The maximum atomic E-state index is 12.6. The minimum Gasteiger partial charge on any atom is -0.478 e. The summed E-state index contributed by atoms with van der Waals surface area (Å²) in [6, 6.07) is 2.26. The van der Waals surface area contributed by atoms with Crippen LogP contribution in [0.2, 0.25) is 0 Å². The van der Waals surface area contributed by atoms with Gasteiger partial charge in [-0.3, -0.25) is 4.79 Å². The maximum Gasteiger partial charge on any atom is 0.416 e. The molecule has 0 radical (unpaired) electrons. The summed E-state index contributed by atoms with van der Waals surface area (Å²) in [6.45, 7) is 0. The predicted octanol–water partition coefficient (Wildman–Crippen LogP) is 3.24. The number of thioether (sulfide) groups is 1. The van der Waals surface area contributed by atoms with E-state index in [-0.39, 0.29) is 16.8 Å². The molecule has 1 aromatic rings. The molecule has 0 spiro atoms. The molecule has 114 valence electrons. The number of hydrogen-bond acceptors (Lipinski definition) is 3. The average Bonchev–Trinajstić information content (AvgIpc) is 2.91. The zero-order valence-electron chi connectivity index (χ0n) is 10.7.